The van der Waals surface area contributed by atoms with E-state index in [-0.39, 0.29) is 5.82 Å². The highest BCUT2D eigenvalue weighted by Gasteiger charge is 2.54. The van der Waals surface area contributed by atoms with Crippen LogP contribution in [0.25, 0.3) is 0 Å². The maximum absolute atomic E-state index is 13.1. The molecule has 96 valence electrons. The van der Waals surface area contributed by atoms with Gasteiger partial charge in [-0.25, -0.2) is 4.39 Å². The van der Waals surface area contributed by atoms with E-state index in [1.165, 1.54) is 30.5 Å². The topological polar surface area (TPSA) is 23.8 Å². The molecular weight excluding hydrogens is 237 g/mol. The Hall–Kier alpha value is -1.62. The lowest BCUT2D eigenvalue weighted by Gasteiger charge is -2.53. The molecule has 2 heteroatoms. The first-order chi connectivity index (χ1) is 9.22. The predicted molar refractivity (Wildman–Crippen MR) is 70.7 cm³/mol. The van der Waals surface area contributed by atoms with Gasteiger partial charge < -0.3 is 0 Å². The molecule has 4 bridgehead atoms. The van der Waals surface area contributed by atoms with Crippen LogP contribution in [0, 0.1) is 34.9 Å². The molecule has 1 aromatic rings. The van der Waals surface area contributed by atoms with Gasteiger partial charge in [0.05, 0.1) is 6.07 Å². The molecule has 2 saturated carbocycles. The Morgan fingerprint density at radius 2 is 1.95 bits per heavy atom. The summed E-state index contributed by atoms with van der Waals surface area (Å²) in [4.78, 5) is 0. The van der Waals surface area contributed by atoms with Gasteiger partial charge in [0, 0.05) is 0 Å². The molecule has 1 nitrogen and oxygen atoms in total. The molecule has 0 aliphatic heterocycles. The number of nitriles is 1. The van der Waals surface area contributed by atoms with Gasteiger partial charge in [0.25, 0.3) is 0 Å². The Morgan fingerprint density at radius 3 is 2.58 bits per heavy atom. The van der Waals surface area contributed by atoms with Crippen molar-refractivity contribution < 1.29 is 4.39 Å². The van der Waals surface area contributed by atoms with E-state index in [2.05, 4.69) is 12.1 Å². The van der Waals surface area contributed by atoms with Crippen molar-refractivity contribution in [1.29, 1.82) is 5.26 Å². The third kappa shape index (κ3) is 1.39. The van der Waals surface area contributed by atoms with Crippen molar-refractivity contribution in [1.82, 2.24) is 0 Å². The van der Waals surface area contributed by atoms with Gasteiger partial charge in [-0.05, 0) is 66.7 Å². The fourth-order valence-corrected chi connectivity index (χ4v) is 4.72. The third-order valence-corrected chi connectivity index (χ3v) is 5.38. The second-order valence-corrected chi connectivity index (χ2v) is 6.35. The summed E-state index contributed by atoms with van der Waals surface area (Å²) in [6, 6.07) is 9.19. The van der Waals surface area contributed by atoms with E-state index in [0.717, 1.165) is 24.3 Å². The first-order valence-corrected chi connectivity index (χ1v) is 7.11. The summed E-state index contributed by atoms with van der Waals surface area (Å²) >= 11 is 0. The quantitative estimate of drug-likeness (QED) is 0.695. The highest BCUT2D eigenvalue weighted by molar-refractivity contribution is 5.49. The fourth-order valence-electron chi connectivity index (χ4n) is 4.72. The van der Waals surface area contributed by atoms with Gasteiger partial charge in [0.15, 0.2) is 0 Å². The second kappa shape index (κ2) is 3.70. The number of allylic oxidation sites excluding steroid dienone is 2. The van der Waals surface area contributed by atoms with Crippen molar-refractivity contribution in [3.8, 4) is 6.07 Å². The van der Waals surface area contributed by atoms with E-state index < -0.39 is 5.41 Å². The maximum atomic E-state index is 13.1. The molecule has 1 aromatic carbocycles. The molecule has 0 spiro atoms. The third-order valence-electron chi connectivity index (χ3n) is 5.38. The Balaban J connectivity index is 1.89. The zero-order chi connectivity index (χ0) is 13.0. The molecule has 0 amide bonds. The number of halogens is 1. The standard InChI is InChI=1S/C17H16FN/c18-16-3-1-13(2-4-16)17(10-19)14-6-11-5-12(8-14)9-15(17)7-11/h1-4,6,11-12,15H,5,7-9H2. The van der Waals surface area contributed by atoms with Crippen LogP contribution >= 0.6 is 0 Å². The largest absolute Gasteiger partial charge is 0.207 e. The van der Waals surface area contributed by atoms with E-state index in [1.807, 2.05) is 12.1 Å². The summed E-state index contributed by atoms with van der Waals surface area (Å²) in [6.45, 7) is 0. The monoisotopic (exact) mass is 253 g/mol. The lowest BCUT2D eigenvalue weighted by molar-refractivity contribution is 0.119. The smallest absolute Gasteiger partial charge is 0.123 e. The van der Waals surface area contributed by atoms with Gasteiger partial charge >= 0.3 is 0 Å². The zero-order valence-corrected chi connectivity index (χ0v) is 10.8. The molecule has 4 unspecified atom stereocenters. The van der Waals surface area contributed by atoms with Crippen LogP contribution in [0.4, 0.5) is 4.39 Å². The molecule has 2 fully saturated rings. The molecule has 0 heterocycles. The van der Waals surface area contributed by atoms with Gasteiger partial charge in [-0.1, -0.05) is 18.2 Å². The van der Waals surface area contributed by atoms with E-state index in [0.29, 0.717) is 11.8 Å². The number of rotatable bonds is 1. The van der Waals surface area contributed by atoms with Gasteiger partial charge in [-0.2, -0.15) is 5.26 Å². The molecule has 4 aliphatic carbocycles. The van der Waals surface area contributed by atoms with E-state index >= 15 is 0 Å². The number of benzene rings is 1. The Bertz CT molecular complexity index is 595. The summed E-state index contributed by atoms with van der Waals surface area (Å²) in [5.74, 6) is 1.68. The highest BCUT2D eigenvalue weighted by atomic mass is 19.1. The van der Waals surface area contributed by atoms with Crippen molar-refractivity contribution in [3.63, 3.8) is 0 Å². The first-order valence-electron chi connectivity index (χ1n) is 7.11. The van der Waals surface area contributed by atoms with Crippen LogP contribution in [0.5, 0.6) is 0 Å². The SMILES string of the molecule is N#CC1(c2ccc(F)cc2)C2=CC3CC(C2)CC1C3. The van der Waals surface area contributed by atoms with Crippen LogP contribution in [-0.2, 0) is 5.41 Å². The van der Waals surface area contributed by atoms with Crippen LogP contribution in [0.1, 0.15) is 31.2 Å². The van der Waals surface area contributed by atoms with Crippen molar-refractivity contribution in [2.45, 2.75) is 31.1 Å². The zero-order valence-electron chi connectivity index (χ0n) is 10.8. The summed E-state index contributed by atoms with van der Waals surface area (Å²) in [5.41, 5.74) is 1.83. The van der Waals surface area contributed by atoms with Crippen molar-refractivity contribution in [3.05, 3.63) is 47.3 Å². The van der Waals surface area contributed by atoms with Crippen LogP contribution in [0.3, 0.4) is 0 Å². The molecule has 4 atom stereocenters. The van der Waals surface area contributed by atoms with Crippen LogP contribution in [0.2, 0.25) is 0 Å². The number of hydrogen-bond acceptors (Lipinski definition) is 1. The molecule has 0 saturated heterocycles. The van der Waals surface area contributed by atoms with E-state index in [1.54, 1.807) is 0 Å². The maximum Gasteiger partial charge on any atom is 0.123 e. The highest BCUT2D eigenvalue weighted by Crippen LogP contribution is 2.59. The van der Waals surface area contributed by atoms with Crippen molar-refractivity contribution >= 4 is 0 Å². The summed E-state index contributed by atoms with van der Waals surface area (Å²) in [7, 11) is 0. The summed E-state index contributed by atoms with van der Waals surface area (Å²) in [5, 5.41) is 9.89. The van der Waals surface area contributed by atoms with Gasteiger partial charge in [-0.3, -0.25) is 0 Å². The van der Waals surface area contributed by atoms with Crippen LogP contribution < -0.4 is 0 Å². The molecule has 4 aliphatic rings. The number of nitrogens with zero attached hydrogens (tertiary/aromatic N) is 1. The lowest BCUT2D eigenvalue weighted by atomic mass is 9.49. The van der Waals surface area contributed by atoms with Crippen molar-refractivity contribution in [2.75, 3.05) is 0 Å². The Kier molecular flexibility index (Phi) is 2.18. The molecule has 0 aromatic heterocycles. The minimum atomic E-state index is -0.471. The summed E-state index contributed by atoms with van der Waals surface area (Å²) < 4.78 is 13.1. The predicted octanol–water partition coefficient (Wildman–Crippen LogP) is 3.96. The normalized spacial score (nSPS) is 38.9. The minimum absolute atomic E-state index is 0.227. The number of hydrogen-bond donors (Lipinski definition) is 0. The molecule has 0 radical (unpaired) electrons. The van der Waals surface area contributed by atoms with Gasteiger partial charge in [0.1, 0.15) is 11.2 Å². The fraction of sp³-hybridized carbons (Fsp3) is 0.471. The van der Waals surface area contributed by atoms with Crippen molar-refractivity contribution in [2.24, 2.45) is 17.8 Å². The van der Waals surface area contributed by atoms with Crippen LogP contribution in [-0.4, -0.2) is 0 Å². The lowest BCUT2D eigenvalue weighted by Crippen LogP contribution is -2.48. The molecule has 0 N–H and O–H groups in total. The Labute approximate surface area is 112 Å². The van der Waals surface area contributed by atoms with E-state index in [4.69, 9.17) is 0 Å². The minimum Gasteiger partial charge on any atom is -0.207 e. The van der Waals surface area contributed by atoms with Crippen LogP contribution in [0.15, 0.2) is 35.9 Å². The van der Waals surface area contributed by atoms with E-state index in [9.17, 15) is 9.65 Å². The average Bonchev–Trinajstić information content (AvgIpc) is 2.40. The molecular formula is C17H16FN. The van der Waals surface area contributed by atoms with Gasteiger partial charge in [-0.15, -0.1) is 0 Å². The second-order valence-electron chi connectivity index (χ2n) is 6.35. The Morgan fingerprint density at radius 1 is 1.16 bits per heavy atom. The summed E-state index contributed by atoms with van der Waals surface area (Å²) in [6.07, 6.45) is 7.02. The molecule has 19 heavy (non-hydrogen) atoms. The first kappa shape index (κ1) is 11.2. The molecule has 5 rings (SSSR count). The van der Waals surface area contributed by atoms with Gasteiger partial charge in [0.2, 0.25) is 0 Å². The average molecular weight is 253 g/mol.